The van der Waals surface area contributed by atoms with E-state index in [2.05, 4.69) is 65.8 Å². The topological polar surface area (TPSA) is 64.9 Å². The monoisotopic (exact) mass is 455 g/mol. The van der Waals surface area contributed by atoms with E-state index in [1.54, 1.807) is 24.6 Å². The lowest BCUT2D eigenvalue weighted by molar-refractivity contribution is 0.210. The van der Waals surface area contributed by atoms with Crippen molar-refractivity contribution in [3.8, 4) is 33.2 Å². The van der Waals surface area contributed by atoms with Crippen molar-refractivity contribution >= 4 is 27.4 Å². The minimum atomic E-state index is 0.582. The van der Waals surface area contributed by atoms with Crippen molar-refractivity contribution in [1.82, 2.24) is 19.5 Å². The van der Waals surface area contributed by atoms with Gasteiger partial charge in [-0.2, -0.15) is 0 Å². The molecular formula is C26H25N5OS. The summed E-state index contributed by atoms with van der Waals surface area (Å²) in [5.41, 5.74) is 4.69. The lowest BCUT2D eigenvalue weighted by atomic mass is 9.99. The van der Waals surface area contributed by atoms with Gasteiger partial charge in [0.15, 0.2) is 11.6 Å². The molecule has 166 valence electrons. The zero-order chi connectivity index (χ0) is 22.8. The highest BCUT2D eigenvalue weighted by atomic mass is 32.1. The van der Waals surface area contributed by atoms with Crippen LogP contribution < -0.4 is 5.32 Å². The second-order valence-corrected chi connectivity index (χ2v) is 8.90. The third kappa shape index (κ3) is 4.13. The van der Waals surface area contributed by atoms with Crippen molar-refractivity contribution in [3.63, 3.8) is 0 Å². The van der Waals surface area contributed by atoms with Crippen molar-refractivity contribution in [1.29, 1.82) is 0 Å². The van der Waals surface area contributed by atoms with Gasteiger partial charge in [-0.3, -0.25) is 0 Å². The van der Waals surface area contributed by atoms with Crippen molar-refractivity contribution in [2.75, 3.05) is 25.6 Å². The Hall–Kier alpha value is -3.55. The molecule has 0 bridgehead atoms. The van der Waals surface area contributed by atoms with Crippen LogP contribution in [0.1, 0.15) is 5.56 Å². The van der Waals surface area contributed by atoms with Gasteiger partial charge in [-0.15, -0.1) is 11.3 Å². The number of fused-ring (bicyclic) bond motifs is 1. The largest absolute Gasteiger partial charge is 0.383 e. The highest BCUT2D eigenvalue weighted by Gasteiger charge is 2.22. The highest BCUT2D eigenvalue weighted by Crippen LogP contribution is 2.46. The third-order valence-electron chi connectivity index (χ3n) is 5.51. The smallest absolute Gasteiger partial charge is 0.199 e. The summed E-state index contributed by atoms with van der Waals surface area (Å²) in [5, 5.41) is 4.52. The molecule has 6 nitrogen and oxygen atoms in total. The Morgan fingerprint density at radius 1 is 1.03 bits per heavy atom. The number of anilines is 1. The minimum Gasteiger partial charge on any atom is -0.383 e. The normalized spacial score (nSPS) is 11.2. The van der Waals surface area contributed by atoms with Crippen LogP contribution in [0, 0.1) is 6.92 Å². The minimum absolute atomic E-state index is 0.582. The fraction of sp³-hybridized carbons (Fsp3) is 0.192. The van der Waals surface area contributed by atoms with Crippen LogP contribution in [-0.4, -0.2) is 39.8 Å². The van der Waals surface area contributed by atoms with Crippen molar-refractivity contribution < 1.29 is 4.74 Å². The first-order chi connectivity index (χ1) is 16.2. The molecule has 0 spiro atoms. The summed E-state index contributed by atoms with van der Waals surface area (Å²) in [6.07, 6.45) is 3.67. The fourth-order valence-corrected chi connectivity index (χ4v) is 5.14. The van der Waals surface area contributed by atoms with E-state index in [9.17, 15) is 0 Å². The van der Waals surface area contributed by atoms with Crippen LogP contribution in [0.3, 0.4) is 0 Å². The van der Waals surface area contributed by atoms with Crippen LogP contribution in [0.5, 0.6) is 0 Å². The lowest BCUT2D eigenvalue weighted by Gasteiger charge is -2.11. The molecule has 0 atom stereocenters. The molecule has 2 aromatic carbocycles. The molecule has 0 unspecified atom stereocenters. The molecule has 7 heteroatoms. The first-order valence-electron chi connectivity index (χ1n) is 10.8. The number of nitrogens with zero attached hydrogens (tertiary/aromatic N) is 4. The molecule has 3 aromatic heterocycles. The summed E-state index contributed by atoms with van der Waals surface area (Å²) in [7, 11) is 3.66. The molecule has 5 rings (SSSR count). The number of thiophene rings is 1. The van der Waals surface area contributed by atoms with Gasteiger partial charge in [-0.25, -0.2) is 15.0 Å². The van der Waals surface area contributed by atoms with E-state index in [1.165, 1.54) is 16.0 Å². The molecular weight excluding hydrogens is 430 g/mol. The number of rotatable bonds is 7. The third-order valence-corrected chi connectivity index (χ3v) is 6.65. The maximum atomic E-state index is 5.28. The van der Waals surface area contributed by atoms with Crippen molar-refractivity contribution in [2.24, 2.45) is 7.05 Å². The number of hydrogen-bond acceptors (Lipinski definition) is 6. The van der Waals surface area contributed by atoms with E-state index in [0.717, 1.165) is 33.0 Å². The van der Waals surface area contributed by atoms with E-state index in [0.29, 0.717) is 19.0 Å². The molecule has 0 fully saturated rings. The molecule has 0 saturated carbocycles. The van der Waals surface area contributed by atoms with Gasteiger partial charge in [-0.05, 0) is 18.1 Å². The number of hydrogen-bond donors (Lipinski definition) is 1. The molecule has 5 aromatic rings. The molecule has 33 heavy (non-hydrogen) atoms. The average Bonchev–Trinajstić information content (AvgIpc) is 3.43. The Labute approximate surface area is 196 Å². The Morgan fingerprint density at radius 2 is 1.85 bits per heavy atom. The van der Waals surface area contributed by atoms with Gasteiger partial charge < -0.3 is 14.6 Å². The van der Waals surface area contributed by atoms with Gasteiger partial charge in [0.05, 0.1) is 12.0 Å². The summed E-state index contributed by atoms with van der Waals surface area (Å²) < 4.78 is 7.22. The number of aromatic nitrogens is 4. The maximum Gasteiger partial charge on any atom is 0.199 e. The van der Waals surface area contributed by atoms with Gasteiger partial charge in [0.25, 0.3) is 0 Å². The Bertz CT molecular complexity index is 1410. The van der Waals surface area contributed by atoms with Gasteiger partial charge >= 0.3 is 0 Å². The number of ether oxygens (including phenoxy) is 1. The highest BCUT2D eigenvalue weighted by molar-refractivity contribution is 7.22. The van der Waals surface area contributed by atoms with E-state index in [4.69, 9.17) is 14.7 Å². The van der Waals surface area contributed by atoms with E-state index in [-0.39, 0.29) is 0 Å². The summed E-state index contributed by atoms with van der Waals surface area (Å²) in [6.45, 7) is 3.35. The number of benzene rings is 2. The second kappa shape index (κ2) is 9.13. The standard InChI is InChI=1S/C26H25N5OS/c1-17-8-7-11-19(16-17)22-20(18-9-5-4-6-10-18)21-23(27-13-15-32-3)29-24(30-26(21)33-22)25-28-12-14-31(25)2/h4-12,14,16H,13,15H2,1-3H3,(H,27,29,30). The number of aryl methyl sites for hydroxylation is 2. The van der Waals surface area contributed by atoms with Crippen LogP contribution in [0.25, 0.3) is 43.4 Å². The molecule has 0 aliphatic rings. The maximum absolute atomic E-state index is 5.28. The average molecular weight is 456 g/mol. The summed E-state index contributed by atoms with van der Waals surface area (Å²) in [4.78, 5) is 16.5. The van der Waals surface area contributed by atoms with Gasteiger partial charge in [0, 0.05) is 43.5 Å². The molecule has 0 aliphatic carbocycles. The van der Waals surface area contributed by atoms with E-state index < -0.39 is 0 Å². The lowest BCUT2D eigenvalue weighted by Crippen LogP contribution is -2.10. The quantitative estimate of drug-likeness (QED) is 0.315. The molecule has 3 heterocycles. The zero-order valence-corrected chi connectivity index (χ0v) is 19.7. The Morgan fingerprint density at radius 3 is 2.58 bits per heavy atom. The number of methoxy groups -OCH3 is 1. The summed E-state index contributed by atoms with van der Waals surface area (Å²) in [6, 6.07) is 19.1. The van der Waals surface area contributed by atoms with Gasteiger partial charge in [-0.1, -0.05) is 60.2 Å². The second-order valence-electron chi connectivity index (χ2n) is 7.90. The van der Waals surface area contributed by atoms with E-state index in [1.807, 2.05) is 23.9 Å². The number of imidazole rings is 1. The Balaban J connectivity index is 1.81. The predicted octanol–water partition coefficient (Wildman–Crippen LogP) is 5.79. The molecule has 1 N–H and O–H groups in total. The zero-order valence-electron chi connectivity index (χ0n) is 18.9. The Kier molecular flexibility index (Phi) is 5.90. The first-order valence-corrected chi connectivity index (χ1v) is 11.6. The molecule has 0 saturated heterocycles. The van der Waals surface area contributed by atoms with E-state index >= 15 is 0 Å². The summed E-state index contributed by atoms with van der Waals surface area (Å²) in [5.74, 6) is 2.13. The van der Waals surface area contributed by atoms with Gasteiger partial charge in [0.2, 0.25) is 0 Å². The SMILES string of the molecule is COCCNc1nc(-c2nccn2C)nc2sc(-c3cccc(C)c3)c(-c3ccccc3)c12. The van der Waals surface area contributed by atoms with Crippen LogP contribution in [0.2, 0.25) is 0 Å². The first kappa shape index (κ1) is 21.3. The predicted molar refractivity (Wildman–Crippen MR) is 136 cm³/mol. The summed E-state index contributed by atoms with van der Waals surface area (Å²) >= 11 is 1.69. The molecule has 0 radical (unpaired) electrons. The van der Waals surface area contributed by atoms with Crippen molar-refractivity contribution in [2.45, 2.75) is 6.92 Å². The van der Waals surface area contributed by atoms with Crippen LogP contribution in [0.15, 0.2) is 67.0 Å². The van der Waals surface area contributed by atoms with Crippen LogP contribution in [-0.2, 0) is 11.8 Å². The van der Waals surface area contributed by atoms with Crippen LogP contribution >= 0.6 is 11.3 Å². The number of nitrogens with one attached hydrogen (secondary N) is 1. The van der Waals surface area contributed by atoms with Crippen LogP contribution in [0.4, 0.5) is 5.82 Å². The molecule has 0 amide bonds. The fourth-order valence-electron chi connectivity index (χ4n) is 3.95. The molecule has 0 aliphatic heterocycles. The van der Waals surface area contributed by atoms with Crippen molar-refractivity contribution in [3.05, 3.63) is 72.6 Å². The van der Waals surface area contributed by atoms with Gasteiger partial charge in [0.1, 0.15) is 10.6 Å².